The zero-order valence-corrected chi connectivity index (χ0v) is 9.76. The average Bonchev–Trinajstić information content (AvgIpc) is 2.87. The second kappa shape index (κ2) is 4.87. The Morgan fingerprint density at radius 1 is 1.28 bits per heavy atom. The third kappa shape index (κ3) is 2.32. The Kier molecular flexibility index (Phi) is 2.92. The number of nitrogens with zero attached hydrogens (tertiary/aromatic N) is 2. The van der Waals surface area contributed by atoms with Gasteiger partial charge in [-0.2, -0.15) is 5.10 Å². The van der Waals surface area contributed by atoms with Gasteiger partial charge < -0.3 is 4.74 Å². The molecule has 0 saturated carbocycles. The largest absolute Gasteiger partial charge is 0.492 e. The minimum absolute atomic E-state index is 0.634. The summed E-state index contributed by atoms with van der Waals surface area (Å²) in [5, 5.41) is 7.80. The number of hydrogen-bond acceptors (Lipinski definition) is 3. The van der Waals surface area contributed by atoms with Crippen molar-refractivity contribution in [3.63, 3.8) is 0 Å². The fraction of sp³-hybridized carbons (Fsp3) is 0.143. The van der Waals surface area contributed by atoms with Crippen molar-refractivity contribution in [1.29, 1.82) is 0 Å². The summed E-state index contributed by atoms with van der Waals surface area (Å²) in [5.41, 5.74) is 2.22. The molecule has 1 aromatic carbocycles. The van der Waals surface area contributed by atoms with Gasteiger partial charge in [-0.15, -0.1) is 0 Å². The van der Waals surface area contributed by atoms with Crippen molar-refractivity contribution in [3.8, 4) is 5.75 Å². The maximum atomic E-state index is 5.61. The van der Waals surface area contributed by atoms with Gasteiger partial charge >= 0.3 is 0 Å². The first-order valence-corrected chi connectivity index (χ1v) is 5.79. The second-order valence-corrected chi connectivity index (χ2v) is 4.00. The second-order valence-electron chi connectivity index (χ2n) is 4.00. The highest BCUT2D eigenvalue weighted by molar-refractivity contribution is 5.77. The maximum Gasteiger partial charge on any atom is 0.137 e. The number of hydrogen-bond donors (Lipinski definition) is 1. The van der Waals surface area contributed by atoms with Crippen LogP contribution < -0.4 is 4.74 Å². The molecule has 0 amide bonds. The fourth-order valence-corrected chi connectivity index (χ4v) is 1.80. The van der Waals surface area contributed by atoms with E-state index in [0.717, 1.165) is 23.1 Å². The first kappa shape index (κ1) is 10.8. The van der Waals surface area contributed by atoms with Crippen molar-refractivity contribution in [2.45, 2.75) is 6.42 Å². The molecular weight excluding hydrogens is 226 g/mol. The lowest BCUT2D eigenvalue weighted by Crippen LogP contribution is -2.01. The molecule has 0 aliphatic rings. The highest BCUT2D eigenvalue weighted by atomic mass is 16.5. The third-order valence-electron chi connectivity index (χ3n) is 2.73. The van der Waals surface area contributed by atoms with E-state index in [1.165, 1.54) is 5.56 Å². The summed E-state index contributed by atoms with van der Waals surface area (Å²) < 4.78 is 5.61. The topological polar surface area (TPSA) is 50.8 Å². The summed E-state index contributed by atoms with van der Waals surface area (Å²) in [4.78, 5) is 4.00. The number of aromatic amines is 1. The van der Waals surface area contributed by atoms with Crippen LogP contribution in [0.1, 0.15) is 5.56 Å². The number of aromatic nitrogens is 3. The van der Waals surface area contributed by atoms with Crippen molar-refractivity contribution < 1.29 is 4.74 Å². The standard InChI is InChI=1S/C14H12N3O/c1-2-13(10-15-6-1)18-7-5-11-3-4-12-9-16-17-14(12)8-11/h1-4,6,8,10H,5,7H2,(H,16,17). The van der Waals surface area contributed by atoms with Gasteiger partial charge in [-0.3, -0.25) is 10.1 Å². The van der Waals surface area contributed by atoms with Crippen LogP contribution in [-0.4, -0.2) is 21.8 Å². The molecule has 1 N–H and O–H groups in total. The summed E-state index contributed by atoms with van der Waals surface area (Å²) in [7, 11) is 0. The average molecular weight is 238 g/mol. The van der Waals surface area contributed by atoms with Crippen LogP contribution in [0.3, 0.4) is 0 Å². The SMILES string of the molecule is [c]1n[nH]c2cc(CCOc3cccnc3)ccc12. The molecule has 0 atom stereocenters. The summed E-state index contributed by atoms with van der Waals surface area (Å²) in [5.74, 6) is 0.799. The van der Waals surface area contributed by atoms with Crippen LogP contribution in [0.15, 0.2) is 42.7 Å². The van der Waals surface area contributed by atoms with Gasteiger partial charge in [0, 0.05) is 18.0 Å². The summed E-state index contributed by atoms with van der Waals surface area (Å²) in [6.45, 7) is 0.634. The van der Waals surface area contributed by atoms with Crippen molar-refractivity contribution in [1.82, 2.24) is 15.2 Å². The van der Waals surface area contributed by atoms with Crippen molar-refractivity contribution in [3.05, 3.63) is 54.5 Å². The first-order chi connectivity index (χ1) is 8.92. The summed E-state index contributed by atoms with van der Waals surface area (Å²) in [6.07, 6.45) is 7.18. The van der Waals surface area contributed by atoms with Gasteiger partial charge in [0.1, 0.15) is 11.9 Å². The molecule has 4 nitrogen and oxygen atoms in total. The van der Waals surface area contributed by atoms with Crippen molar-refractivity contribution >= 4 is 10.9 Å². The molecule has 18 heavy (non-hydrogen) atoms. The number of H-pyrrole nitrogens is 1. The quantitative estimate of drug-likeness (QED) is 0.759. The van der Waals surface area contributed by atoms with E-state index < -0.39 is 0 Å². The predicted molar refractivity (Wildman–Crippen MR) is 68.4 cm³/mol. The summed E-state index contributed by atoms with van der Waals surface area (Å²) in [6, 6.07) is 9.92. The Morgan fingerprint density at radius 2 is 2.28 bits per heavy atom. The lowest BCUT2D eigenvalue weighted by Gasteiger charge is -2.05. The van der Waals surface area contributed by atoms with Gasteiger partial charge in [0.05, 0.1) is 18.3 Å². The number of fused-ring (bicyclic) bond motifs is 1. The van der Waals surface area contributed by atoms with Crippen LogP contribution in [0.2, 0.25) is 0 Å². The smallest absolute Gasteiger partial charge is 0.137 e. The molecule has 89 valence electrons. The molecule has 0 saturated heterocycles. The Bertz CT molecular complexity index is 634. The molecule has 0 spiro atoms. The van der Waals surface area contributed by atoms with E-state index in [4.69, 9.17) is 4.74 Å². The number of ether oxygens (including phenoxy) is 1. The number of nitrogens with one attached hydrogen (secondary N) is 1. The van der Waals surface area contributed by atoms with E-state index in [2.05, 4.69) is 33.5 Å². The Labute approximate surface area is 105 Å². The Morgan fingerprint density at radius 3 is 3.17 bits per heavy atom. The van der Waals surface area contributed by atoms with E-state index >= 15 is 0 Å². The molecule has 0 fully saturated rings. The molecule has 4 heteroatoms. The van der Waals surface area contributed by atoms with Gasteiger partial charge in [0.2, 0.25) is 0 Å². The van der Waals surface area contributed by atoms with E-state index in [-0.39, 0.29) is 0 Å². The van der Waals surface area contributed by atoms with Crippen LogP contribution in [0, 0.1) is 6.20 Å². The van der Waals surface area contributed by atoms with E-state index in [0.29, 0.717) is 6.61 Å². The van der Waals surface area contributed by atoms with Gasteiger partial charge in [-0.1, -0.05) is 12.1 Å². The van der Waals surface area contributed by atoms with E-state index in [1.807, 2.05) is 18.2 Å². The van der Waals surface area contributed by atoms with Crippen LogP contribution >= 0.6 is 0 Å². The van der Waals surface area contributed by atoms with Crippen LogP contribution in [0.4, 0.5) is 0 Å². The molecular formula is C14H12N3O. The number of benzene rings is 1. The molecule has 0 bridgehead atoms. The zero-order chi connectivity index (χ0) is 12.2. The van der Waals surface area contributed by atoms with Gasteiger partial charge in [-0.25, -0.2) is 0 Å². The molecule has 1 radical (unpaired) electrons. The van der Waals surface area contributed by atoms with Crippen molar-refractivity contribution in [2.75, 3.05) is 6.61 Å². The van der Waals surface area contributed by atoms with E-state index in [1.54, 1.807) is 12.4 Å². The highest BCUT2D eigenvalue weighted by Crippen LogP contribution is 2.13. The van der Waals surface area contributed by atoms with Gasteiger partial charge in [0.15, 0.2) is 0 Å². The summed E-state index contributed by atoms with van der Waals surface area (Å²) >= 11 is 0. The lowest BCUT2D eigenvalue weighted by atomic mass is 10.1. The van der Waals surface area contributed by atoms with Crippen LogP contribution in [0.25, 0.3) is 10.9 Å². The van der Waals surface area contributed by atoms with Crippen molar-refractivity contribution in [2.24, 2.45) is 0 Å². The number of rotatable bonds is 4. The Balaban J connectivity index is 1.62. The fourth-order valence-electron chi connectivity index (χ4n) is 1.80. The molecule has 0 unspecified atom stereocenters. The molecule has 3 rings (SSSR count). The molecule has 2 heterocycles. The Hall–Kier alpha value is -2.36. The molecule has 2 aromatic heterocycles. The minimum Gasteiger partial charge on any atom is -0.492 e. The molecule has 3 aromatic rings. The van der Waals surface area contributed by atoms with E-state index in [9.17, 15) is 0 Å². The monoisotopic (exact) mass is 238 g/mol. The van der Waals surface area contributed by atoms with Gasteiger partial charge in [0.25, 0.3) is 0 Å². The predicted octanol–water partition coefficient (Wildman–Crippen LogP) is 2.38. The molecule has 0 aliphatic heterocycles. The lowest BCUT2D eigenvalue weighted by molar-refractivity contribution is 0.320. The molecule has 0 aliphatic carbocycles. The number of pyridine rings is 1. The highest BCUT2D eigenvalue weighted by Gasteiger charge is 1.99. The third-order valence-corrected chi connectivity index (χ3v) is 2.73. The zero-order valence-electron chi connectivity index (χ0n) is 9.76. The normalized spacial score (nSPS) is 10.7. The maximum absolute atomic E-state index is 5.61. The van der Waals surface area contributed by atoms with Crippen LogP contribution in [-0.2, 0) is 6.42 Å². The van der Waals surface area contributed by atoms with Gasteiger partial charge in [-0.05, 0) is 23.8 Å². The first-order valence-electron chi connectivity index (χ1n) is 5.79. The minimum atomic E-state index is 0.634. The van der Waals surface area contributed by atoms with Crippen LogP contribution in [0.5, 0.6) is 5.75 Å².